The summed E-state index contributed by atoms with van der Waals surface area (Å²) in [6.07, 6.45) is 1.91. The maximum absolute atomic E-state index is 15.1. The van der Waals surface area contributed by atoms with Crippen molar-refractivity contribution < 1.29 is 41.7 Å². The van der Waals surface area contributed by atoms with Gasteiger partial charge in [0, 0.05) is 53.6 Å². The van der Waals surface area contributed by atoms with Gasteiger partial charge in [-0.25, -0.2) is 18.4 Å². The van der Waals surface area contributed by atoms with Crippen molar-refractivity contribution in [3.8, 4) is 28.0 Å². The number of carbonyl (C=O) groups excluding carboxylic acids is 3. The number of nitrogens with zero attached hydrogens (tertiary/aromatic N) is 3. The van der Waals surface area contributed by atoms with E-state index in [0.717, 1.165) is 11.3 Å². The molecule has 1 aliphatic heterocycles. The van der Waals surface area contributed by atoms with Gasteiger partial charge in [0.2, 0.25) is 21.8 Å². The smallest absolute Gasteiger partial charge is 0.259 e. The highest BCUT2D eigenvalue weighted by Crippen LogP contribution is 2.47. The highest BCUT2D eigenvalue weighted by Gasteiger charge is 2.63. The quantitative estimate of drug-likeness (QED) is 0.0705. The fourth-order valence-electron chi connectivity index (χ4n) is 8.05. The topological polar surface area (TPSA) is 187 Å². The summed E-state index contributed by atoms with van der Waals surface area (Å²) in [7, 11) is -0.813. The monoisotopic (exact) mass is 916 g/mol. The number of hydrogen-bond acceptors (Lipinski definition) is 13. The third kappa shape index (κ3) is 9.43. The molecule has 5 atom stereocenters. The van der Waals surface area contributed by atoms with Crippen molar-refractivity contribution in [1.82, 2.24) is 24.9 Å². The van der Waals surface area contributed by atoms with Crippen molar-refractivity contribution in [3.63, 3.8) is 0 Å². The van der Waals surface area contributed by atoms with Crippen LogP contribution in [0.25, 0.3) is 21.6 Å². The molecular weight excluding hydrogens is 857 g/mol. The first-order chi connectivity index (χ1) is 30.2. The van der Waals surface area contributed by atoms with E-state index in [1.165, 1.54) is 22.3 Å². The Morgan fingerprint density at radius 2 is 1.81 bits per heavy atom. The molecule has 0 spiro atoms. The predicted octanol–water partition coefficient (Wildman–Crippen LogP) is 6.76. The van der Waals surface area contributed by atoms with E-state index in [2.05, 4.69) is 35.8 Å². The molecular formula is C47H60N6O9S2. The average Bonchev–Trinajstić information content (AvgIpc) is 4.03. The van der Waals surface area contributed by atoms with Crippen LogP contribution < -0.4 is 29.6 Å². The third-order valence-electron chi connectivity index (χ3n) is 12.5. The molecule has 7 rings (SSSR count). The molecule has 15 nitrogen and oxygen atoms in total. The van der Waals surface area contributed by atoms with E-state index in [9.17, 15) is 18.0 Å². The number of nitrogens with one attached hydrogen (secondary N) is 3. The molecule has 2 aromatic carbocycles. The molecule has 344 valence electrons. The first-order valence-corrected chi connectivity index (χ1v) is 24.0. The SMILES string of the molecule is C=C[C@@H]1C[C@]1(NC(=O)[C@@H]1C[C@@H](Oc2cc(-c3nc(C(C)C)cs3)nc3c(C)c(OC)ccc23)CN1C(=O)[C@@H](Nc1cccc(OCCOC)c1)C(C)(C)C)C(=O)NS(=O)(=O)C1(C)CC1. The standard InChI is InChI=1S/C47H60N6O9S2/c1-11-29-24-47(29,44(56)52-64(57,58)46(8)17-18-46)51-41(54)36-22-32(25-53(36)43(55)40(45(5,6)7)48-30-13-12-14-31(21-30)61-20-19-59-9)62-38-23-34(42-50-35(26-63-42)27(2)3)49-39-28(4)37(60-10)16-15-33(38)39/h11-16,21,23,26-27,29,32,36,40,48H,1,17-20,22,24-25H2,2-10H3,(H,51,54)(H,52,56)/t29-,32-,36+,40-,47-/m1/s1. The summed E-state index contributed by atoms with van der Waals surface area (Å²) in [6.45, 7) is 18.1. The van der Waals surface area contributed by atoms with Crippen LogP contribution in [0.15, 0.2) is 60.5 Å². The van der Waals surface area contributed by atoms with Crippen molar-refractivity contribution in [2.45, 2.75) is 109 Å². The Labute approximate surface area is 379 Å². The number of pyridine rings is 1. The van der Waals surface area contributed by atoms with E-state index in [4.69, 9.17) is 28.9 Å². The molecule has 2 aliphatic carbocycles. The zero-order chi connectivity index (χ0) is 46.4. The number of anilines is 1. The van der Waals surface area contributed by atoms with Crippen LogP contribution in [-0.4, -0.2) is 103 Å². The number of methoxy groups -OCH3 is 2. The number of ether oxygens (including phenoxy) is 4. The Balaban J connectivity index is 1.24. The summed E-state index contributed by atoms with van der Waals surface area (Å²) in [5.41, 5.74) is 1.41. The molecule has 3 aliphatic rings. The van der Waals surface area contributed by atoms with Crippen LogP contribution in [-0.2, 0) is 29.1 Å². The van der Waals surface area contributed by atoms with Crippen molar-refractivity contribution in [3.05, 3.63) is 71.8 Å². The van der Waals surface area contributed by atoms with Gasteiger partial charge in [-0.1, -0.05) is 46.8 Å². The van der Waals surface area contributed by atoms with Gasteiger partial charge >= 0.3 is 0 Å². The van der Waals surface area contributed by atoms with Gasteiger partial charge in [-0.2, -0.15) is 0 Å². The van der Waals surface area contributed by atoms with Crippen molar-refractivity contribution in [1.29, 1.82) is 0 Å². The lowest BCUT2D eigenvalue weighted by Crippen LogP contribution is -2.59. The number of aryl methyl sites for hydroxylation is 1. The van der Waals surface area contributed by atoms with E-state index in [0.29, 0.717) is 70.6 Å². The molecule has 2 saturated carbocycles. The van der Waals surface area contributed by atoms with Crippen LogP contribution in [0.5, 0.6) is 17.2 Å². The van der Waals surface area contributed by atoms with Crippen LogP contribution in [0, 0.1) is 18.3 Å². The lowest BCUT2D eigenvalue weighted by Gasteiger charge is -2.36. The first-order valence-electron chi connectivity index (χ1n) is 21.6. The first kappa shape index (κ1) is 46.7. The third-order valence-corrected chi connectivity index (χ3v) is 15.6. The van der Waals surface area contributed by atoms with E-state index in [1.807, 2.05) is 69.5 Å². The number of benzene rings is 2. The Bertz CT molecular complexity index is 2550. The number of rotatable bonds is 18. The van der Waals surface area contributed by atoms with E-state index in [-0.39, 0.29) is 31.2 Å². The number of thiazole rings is 1. The number of carbonyl (C=O) groups is 3. The van der Waals surface area contributed by atoms with Gasteiger partial charge in [0.25, 0.3) is 5.91 Å². The maximum Gasteiger partial charge on any atom is 0.259 e. The zero-order valence-corrected chi connectivity index (χ0v) is 39.7. The Morgan fingerprint density at radius 3 is 2.44 bits per heavy atom. The highest BCUT2D eigenvalue weighted by atomic mass is 32.2. The second-order valence-corrected chi connectivity index (χ2v) is 21.8. The van der Waals surface area contributed by atoms with Crippen molar-refractivity contribution in [2.75, 3.05) is 39.3 Å². The largest absolute Gasteiger partial charge is 0.496 e. The predicted molar refractivity (Wildman–Crippen MR) is 247 cm³/mol. The average molecular weight is 917 g/mol. The fraction of sp³-hybridized carbons (Fsp3) is 0.511. The zero-order valence-electron chi connectivity index (χ0n) is 38.1. The van der Waals surface area contributed by atoms with E-state index >= 15 is 4.79 Å². The number of fused-ring (bicyclic) bond motifs is 1. The van der Waals surface area contributed by atoms with Gasteiger partial charge in [-0.15, -0.1) is 17.9 Å². The number of hydrogen-bond donors (Lipinski definition) is 3. The van der Waals surface area contributed by atoms with Gasteiger partial charge in [0.05, 0.1) is 36.2 Å². The van der Waals surface area contributed by atoms with Crippen LogP contribution in [0.2, 0.25) is 0 Å². The minimum absolute atomic E-state index is 0.0190. The normalized spacial score (nSPS) is 21.8. The van der Waals surface area contributed by atoms with Gasteiger partial charge in [0.1, 0.15) is 58.3 Å². The molecule has 17 heteroatoms. The van der Waals surface area contributed by atoms with Gasteiger partial charge in [-0.3, -0.25) is 19.1 Å². The summed E-state index contributed by atoms with van der Waals surface area (Å²) in [6, 6.07) is 10.9. The molecule has 0 unspecified atom stereocenters. The Kier molecular flexibility index (Phi) is 13.1. The highest BCUT2D eigenvalue weighted by molar-refractivity contribution is 7.91. The van der Waals surface area contributed by atoms with E-state index < -0.39 is 61.6 Å². The molecule has 2 aromatic heterocycles. The summed E-state index contributed by atoms with van der Waals surface area (Å²) in [4.78, 5) is 55.2. The van der Waals surface area contributed by atoms with Crippen LogP contribution in [0.3, 0.4) is 0 Å². The summed E-state index contributed by atoms with van der Waals surface area (Å²) in [5, 5.41) is 9.78. The van der Waals surface area contributed by atoms with Crippen LogP contribution >= 0.6 is 11.3 Å². The second-order valence-electron chi connectivity index (χ2n) is 18.7. The lowest BCUT2D eigenvalue weighted by atomic mass is 9.85. The molecule has 3 heterocycles. The molecule has 3 fully saturated rings. The molecule has 0 radical (unpaired) electrons. The van der Waals surface area contributed by atoms with Crippen molar-refractivity contribution >= 4 is 55.7 Å². The Hall–Kier alpha value is -5.26. The molecule has 64 heavy (non-hydrogen) atoms. The minimum atomic E-state index is -4.01. The number of sulfonamides is 1. The van der Waals surface area contributed by atoms with Gasteiger partial charge < -0.3 is 34.5 Å². The second kappa shape index (κ2) is 18.0. The van der Waals surface area contributed by atoms with E-state index in [1.54, 1.807) is 27.2 Å². The Morgan fingerprint density at radius 1 is 1.06 bits per heavy atom. The van der Waals surface area contributed by atoms with Crippen molar-refractivity contribution in [2.24, 2.45) is 11.3 Å². The fourth-order valence-corrected chi connectivity index (χ4v) is 10.3. The minimum Gasteiger partial charge on any atom is -0.496 e. The van der Waals surface area contributed by atoms with Crippen LogP contribution in [0.1, 0.15) is 84.4 Å². The van der Waals surface area contributed by atoms with Crippen LogP contribution in [0.4, 0.5) is 5.69 Å². The maximum atomic E-state index is 15.1. The molecule has 0 bridgehead atoms. The summed E-state index contributed by atoms with van der Waals surface area (Å²) < 4.78 is 51.2. The molecule has 1 saturated heterocycles. The number of amides is 3. The molecule has 3 N–H and O–H groups in total. The molecule has 3 amide bonds. The number of likely N-dealkylation sites (tertiary alicyclic amines) is 1. The number of aromatic nitrogens is 2. The summed E-state index contributed by atoms with van der Waals surface area (Å²) >= 11 is 1.49. The van der Waals surface area contributed by atoms with Gasteiger partial charge in [0.15, 0.2) is 0 Å². The summed E-state index contributed by atoms with van der Waals surface area (Å²) in [5.74, 6) is -0.380. The lowest BCUT2D eigenvalue weighted by molar-refractivity contribution is -0.141. The van der Waals surface area contributed by atoms with Gasteiger partial charge in [-0.05, 0) is 68.7 Å². The molecule has 4 aromatic rings.